The third-order valence-electron chi connectivity index (χ3n) is 2.39. The van der Waals surface area contributed by atoms with Crippen LogP contribution in [0.4, 0.5) is 17.3 Å². The molecule has 1 aromatic rings. The van der Waals surface area contributed by atoms with Gasteiger partial charge in [-0.3, -0.25) is 14.9 Å². The second-order valence-corrected chi connectivity index (χ2v) is 3.91. The van der Waals surface area contributed by atoms with E-state index < -0.39 is 10.6 Å². The summed E-state index contributed by atoms with van der Waals surface area (Å²) in [5.41, 5.74) is 4.97. The van der Waals surface area contributed by atoms with E-state index in [0.717, 1.165) is 19.2 Å². The van der Waals surface area contributed by atoms with Crippen LogP contribution in [0.15, 0.2) is 6.33 Å². The Kier molecular flexibility index (Phi) is 3.22. The first kappa shape index (κ1) is 12.0. The lowest BCUT2D eigenvalue weighted by atomic mass is 10.4. The fraction of sp³-hybridized carbons (Fsp3) is 0.444. The number of carbonyl (C=O) groups is 1. The van der Waals surface area contributed by atoms with Crippen molar-refractivity contribution in [1.29, 1.82) is 0 Å². The molecule has 0 spiro atoms. The smallest absolute Gasteiger partial charge is 0.352 e. The first-order valence-electron chi connectivity index (χ1n) is 5.36. The summed E-state index contributed by atoms with van der Waals surface area (Å²) in [6.07, 6.45) is 3.06. The van der Waals surface area contributed by atoms with Crippen molar-refractivity contribution in [2.45, 2.75) is 18.9 Å². The molecule has 1 heterocycles. The van der Waals surface area contributed by atoms with Crippen LogP contribution in [-0.4, -0.2) is 33.4 Å². The van der Waals surface area contributed by atoms with Crippen LogP contribution in [0.1, 0.15) is 12.8 Å². The fourth-order valence-corrected chi connectivity index (χ4v) is 1.37. The van der Waals surface area contributed by atoms with Crippen molar-refractivity contribution in [3.8, 4) is 0 Å². The van der Waals surface area contributed by atoms with E-state index in [0.29, 0.717) is 0 Å². The molecule has 0 radical (unpaired) electrons. The van der Waals surface area contributed by atoms with Gasteiger partial charge in [0.05, 0.1) is 11.5 Å². The largest absolute Gasteiger partial charge is 0.378 e. The number of hydrogen-bond acceptors (Lipinski definition) is 7. The number of carbonyl (C=O) groups excluding carboxylic acids is 1. The molecule has 0 aliphatic heterocycles. The van der Waals surface area contributed by atoms with E-state index in [1.165, 1.54) is 0 Å². The number of rotatable bonds is 5. The van der Waals surface area contributed by atoms with Crippen LogP contribution in [0.2, 0.25) is 0 Å². The molecule has 1 aliphatic carbocycles. The highest BCUT2D eigenvalue weighted by Gasteiger charge is 2.24. The summed E-state index contributed by atoms with van der Waals surface area (Å²) in [5.74, 6) is -0.525. The molecular formula is C9H12N6O3. The van der Waals surface area contributed by atoms with Gasteiger partial charge in [-0.05, 0) is 12.8 Å². The van der Waals surface area contributed by atoms with Crippen molar-refractivity contribution >= 4 is 23.2 Å². The predicted octanol–water partition coefficient (Wildman–Crippen LogP) is -0.343. The van der Waals surface area contributed by atoms with E-state index in [2.05, 4.69) is 20.6 Å². The summed E-state index contributed by atoms with van der Waals surface area (Å²) >= 11 is 0. The van der Waals surface area contributed by atoms with Crippen molar-refractivity contribution in [3.05, 3.63) is 16.4 Å². The fourth-order valence-electron chi connectivity index (χ4n) is 1.37. The Balaban J connectivity index is 2.01. The first-order chi connectivity index (χ1) is 8.58. The Morgan fingerprint density at radius 2 is 2.28 bits per heavy atom. The van der Waals surface area contributed by atoms with Gasteiger partial charge < -0.3 is 16.4 Å². The number of anilines is 2. The molecule has 9 heteroatoms. The maximum atomic E-state index is 11.4. The molecule has 1 saturated carbocycles. The quantitative estimate of drug-likeness (QED) is 0.481. The van der Waals surface area contributed by atoms with E-state index in [9.17, 15) is 14.9 Å². The molecule has 0 saturated heterocycles. The molecule has 0 atom stereocenters. The molecule has 4 N–H and O–H groups in total. The van der Waals surface area contributed by atoms with Crippen LogP contribution >= 0.6 is 0 Å². The molecule has 1 fully saturated rings. The molecule has 18 heavy (non-hydrogen) atoms. The van der Waals surface area contributed by atoms with Gasteiger partial charge in [-0.15, -0.1) is 0 Å². The van der Waals surface area contributed by atoms with Crippen LogP contribution in [0, 0.1) is 10.1 Å². The Morgan fingerprint density at radius 3 is 2.89 bits per heavy atom. The highest BCUT2D eigenvalue weighted by molar-refractivity contribution is 5.82. The van der Waals surface area contributed by atoms with Crippen molar-refractivity contribution in [2.75, 3.05) is 17.6 Å². The minimum Gasteiger partial charge on any atom is -0.378 e. The Labute approximate surface area is 102 Å². The second kappa shape index (κ2) is 4.82. The highest BCUT2D eigenvalue weighted by Crippen LogP contribution is 2.25. The minimum absolute atomic E-state index is 0.0570. The van der Waals surface area contributed by atoms with Crippen LogP contribution in [0.5, 0.6) is 0 Å². The molecule has 1 amide bonds. The van der Waals surface area contributed by atoms with Crippen molar-refractivity contribution in [2.24, 2.45) is 0 Å². The zero-order valence-corrected chi connectivity index (χ0v) is 9.42. The maximum absolute atomic E-state index is 11.4. The SMILES string of the molecule is Nc1ncnc(NCC(=O)NC2CC2)c1[N+](=O)[O-]. The van der Waals surface area contributed by atoms with E-state index in [4.69, 9.17) is 5.73 Å². The number of nitrogens with two attached hydrogens (primary N) is 1. The van der Waals surface area contributed by atoms with Crippen LogP contribution in [0.25, 0.3) is 0 Å². The molecule has 1 aromatic heterocycles. The Hall–Kier alpha value is -2.45. The second-order valence-electron chi connectivity index (χ2n) is 3.91. The van der Waals surface area contributed by atoms with E-state index in [1.807, 2.05) is 0 Å². The monoisotopic (exact) mass is 252 g/mol. The van der Waals surface area contributed by atoms with Gasteiger partial charge >= 0.3 is 5.69 Å². The lowest BCUT2D eigenvalue weighted by molar-refractivity contribution is -0.383. The molecule has 0 unspecified atom stereocenters. The molecule has 1 aliphatic rings. The lowest BCUT2D eigenvalue weighted by Gasteiger charge is -2.06. The Morgan fingerprint density at radius 1 is 1.56 bits per heavy atom. The standard InChI is InChI=1S/C9H12N6O3/c10-8-7(15(17)18)9(13-4-12-8)11-3-6(16)14-5-1-2-5/h4-5H,1-3H2,(H,14,16)(H3,10,11,12,13). The normalized spacial score (nSPS) is 14.0. The summed E-state index contributed by atoms with van der Waals surface area (Å²) in [5, 5.41) is 16.1. The van der Waals surface area contributed by atoms with Crippen LogP contribution < -0.4 is 16.4 Å². The molecule has 0 aromatic carbocycles. The van der Waals surface area contributed by atoms with Gasteiger partial charge in [0.1, 0.15) is 6.33 Å². The maximum Gasteiger partial charge on any atom is 0.352 e. The lowest BCUT2D eigenvalue weighted by Crippen LogP contribution is -2.31. The third kappa shape index (κ3) is 2.81. The van der Waals surface area contributed by atoms with Crippen molar-refractivity contribution < 1.29 is 9.72 Å². The van der Waals surface area contributed by atoms with Gasteiger partial charge in [0.15, 0.2) is 0 Å². The topological polar surface area (TPSA) is 136 Å². The number of hydrogen-bond donors (Lipinski definition) is 3. The minimum atomic E-state index is -0.684. The average molecular weight is 252 g/mol. The van der Waals surface area contributed by atoms with E-state index in [-0.39, 0.29) is 30.1 Å². The van der Waals surface area contributed by atoms with Crippen LogP contribution in [-0.2, 0) is 4.79 Å². The molecule has 9 nitrogen and oxygen atoms in total. The average Bonchev–Trinajstić information content (AvgIpc) is 3.09. The first-order valence-corrected chi connectivity index (χ1v) is 5.36. The Bertz CT molecular complexity index is 487. The number of nitrogens with one attached hydrogen (secondary N) is 2. The highest BCUT2D eigenvalue weighted by atomic mass is 16.6. The molecule has 96 valence electrons. The molecular weight excluding hydrogens is 240 g/mol. The number of nitrogens with zero attached hydrogens (tertiary/aromatic N) is 3. The summed E-state index contributed by atoms with van der Waals surface area (Å²) < 4.78 is 0. The van der Waals surface area contributed by atoms with E-state index in [1.54, 1.807) is 0 Å². The molecule has 0 bridgehead atoms. The summed E-state index contributed by atoms with van der Waals surface area (Å²) in [6, 6.07) is 0.241. The van der Waals surface area contributed by atoms with E-state index >= 15 is 0 Å². The van der Waals surface area contributed by atoms with Gasteiger partial charge in [-0.2, -0.15) is 0 Å². The number of aromatic nitrogens is 2. The summed E-state index contributed by atoms with van der Waals surface area (Å²) in [4.78, 5) is 28.7. The van der Waals surface area contributed by atoms with Gasteiger partial charge in [-0.25, -0.2) is 9.97 Å². The summed E-state index contributed by atoms with van der Waals surface area (Å²) in [7, 11) is 0. The third-order valence-corrected chi connectivity index (χ3v) is 2.39. The van der Waals surface area contributed by atoms with Crippen molar-refractivity contribution in [3.63, 3.8) is 0 Å². The van der Waals surface area contributed by atoms with Gasteiger partial charge in [-0.1, -0.05) is 0 Å². The zero-order chi connectivity index (χ0) is 13.1. The zero-order valence-electron chi connectivity index (χ0n) is 9.42. The van der Waals surface area contributed by atoms with Crippen molar-refractivity contribution in [1.82, 2.24) is 15.3 Å². The number of nitro groups is 1. The van der Waals surface area contributed by atoms with Crippen LogP contribution in [0.3, 0.4) is 0 Å². The van der Waals surface area contributed by atoms with Gasteiger partial charge in [0.2, 0.25) is 17.5 Å². The number of amides is 1. The van der Waals surface area contributed by atoms with Gasteiger partial charge in [0.25, 0.3) is 0 Å². The van der Waals surface area contributed by atoms with Gasteiger partial charge in [0, 0.05) is 6.04 Å². The number of nitrogen functional groups attached to an aromatic ring is 1. The summed E-state index contributed by atoms with van der Waals surface area (Å²) in [6.45, 7) is -0.0895. The molecule has 2 rings (SSSR count). The predicted molar refractivity (Wildman–Crippen MR) is 62.8 cm³/mol.